The number of likely N-dealkylation sites (tertiary alicyclic amines) is 1. The molecular weight excluding hydrogens is 162 g/mol. The zero-order valence-corrected chi connectivity index (χ0v) is 8.74. The molecule has 0 aromatic carbocycles. The maximum Gasteiger partial charge on any atom is 0.0695 e. The third-order valence-electron chi connectivity index (χ3n) is 3.54. The fourth-order valence-corrected chi connectivity index (χ4v) is 2.08. The maximum absolute atomic E-state index is 9.71. The van der Waals surface area contributed by atoms with Crippen LogP contribution in [0.5, 0.6) is 0 Å². The lowest BCUT2D eigenvalue weighted by Crippen LogP contribution is -2.51. The Kier molecular flexibility index (Phi) is 2.61. The molecule has 0 spiro atoms. The van der Waals surface area contributed by atoms with Crippen LogP contribution in [0.4, 0.5) is 0 Å². The van der Waals surface area contributed by atoms with Crippen LogP contribution >= 0.6 is 0 Å². The Balaban J connectivity index is 1.63. The van der Waals surface area contributed by atoms with Crippen LogP contribution in [0.3, 0.4) is 0 Å². The minimum atomic E-state index is -0.0342. The summed E-state index contributed by atoms with van der Waals surface area (Å²) in [7, 11) is 0. The highest BCUT2D eigenvalue weighted by molar-refractivity contribution is 4.88. The fourth-order valence-electron chi connectivity index (χ4n) is 2.08. The number of aliphatic hydroxyl groups excluding tert-OH is 1. The Morgan fingerprint density at radius 1 is 1.23 bits per heavy atom. The van der Waals surface area contributed by atoms with Gasteiger partial charge < -0.3 is 10.0 Å². The summed E-state index contributed by atoms with van der Waals surface area (Å²) >= 11 is 0. The number of hydrogen-bond donors (Lipinski definition) is 1. The molecule has 1 aliphatic carbocycles. The molecule has 0 aromatic rings. The number of rotatable bonds is 4. The number of aliphatic hydroxyl groups is 1. The van der Waals surface area contributed by atoms with Gasteiger partial charge in [-0.25, -0.2) is 0 Å². The van der Waals surface area contributed by atoms with E-state index in [-0.39, 0.29) is 6.10 Å². The van der Waals surface area contributed by atoms with Gasteiger partial charge >= 0.3 is 0 Å². The first kappa shape index (κ1) is 9.47. The van der Waals surface area contributed by atoms with Crippen molar-refractivity contribution in [2.75, 3.05) is 19.6 Å². The Labute approximate surface area is 80.9 Å². The van der Waals surface area contributed by atoms with Gasteiger partial charge in [-0.15, -0.1) is 0 Å². The van der Waals surface area contributed by atoms with Gasteiger partial charge in [0.05, 0.1) is 6.10 Å². The van der Waals surface area contributed by atoms with E-state index < -0.39 is 0 Å². The van der Waals surface area contributed by atoms with E-state index >= 15 is 0 Å². The van der Waals surface area contributed by atoms with Crippen LogP contribution in [0.25, 0.3) is 0 Å². The SMILES string of the molecule is CC(C)C1CN(CC(O)C2CC2)C1. The lowest BCUT2D eigenvalue weighted by Gasteiger charge is -2.42. The van der Waals surface area contributed by atoms with E-state index in [0.717, 1.165) is 18.4 Å². The Morgan fingerprint density at radius 3 is 2.31 bits per heavy atom. The number of β-amino-alcohol motifs (C(OH)–C–C–N with tert-alkyl or cyclic N) is 1. The van der Waals surface area contributed by atoms with Crippen LogP contribution < -0.4 is 0 Å². The minimum absolute atomic E-state index is 0.0342. The molecule has 1 saturated heterocycles. The normalized spacial score (nSPS) is 27.7. The minimum Gasteiger partial charge on any atom is -0.392 e. The van der Waals surface area contributed by atoms with Gasteiger partial charge in [-0.2, -0.15) is 0 Å². The molecule has 2 fully saturated rings. The average Bonchev–Trinajstić information content (AvgIpc) is 2.75. The van der Waals surface area contributed by atoms with Crippen molar-refractivity contribution in [3.8, 4) is 0 Å². The Bertz CT molecular complexity index is 171. The molecular formula is C11H21NO. The summed E-state index contributed by atoms with van der Waals surface area (Å²) < 4.78 is 0. The van der Waals surface area contributed by atoms with Gasteiger partial charge in [0, 0.05) is 19.6 Å². The largest absolute Gasteiger partial charge is 0.392 e. The summed E-state index contributed by atoms with van der Waals surface area (Å²) in [5.74, 6) is 2.33. The van der Waals surface area contributed by atoms with E-state index in [1.807, 2.05) is 0 Å². The molecule has 2 nitrogen and oxygen atoms in total. The van der Waals surface area contributed by atoms with Crippen molar-refractivity contribution in [2.24, 2.45) is 17.8 Å². The zero-order valence-electron chi connectivity index (χ0n) is 8.74. The summed E-state index contributed by atoms with van der Waals surface area (Å²) in [6, 6.07) is 0. The molecule has 0 radical (unpaired) electrons. The topological polar surface area (TPSA) is 23.5 Å². The van der Waals surface area contributed by atoms with E-state index in [0.29, 0.717) is 5.92 Å². The van der Waals surface area contributed by atoms with Gasteiger partial charge in [-0.05, 0) is 30.6 Å². The molecule has 1 N–H and O–H groups in total. The second kappa shape index (κ2) is 3.58. The van der Waals surface area contributed by atoms with Crippen molar-refractivity contribution in [3.63, 3.8) is 0 Å². The molecule has 2 rings (SSSR count). The summed E-state index contributed by atoms with van der Waals surface area (Å²) in [5.41, 5.74) is 0. The van der Waals surface area contributed by atoms with Gasteiger partial charge in [-0.1, -0.05) is 13.8 Å². The Hall–Kier alpha value is -0.0800. The molecule has 0 aromatic heterocycles. The van der Waals surface area contributed by atoms with Crippen molar-refractivity contribution in [3.05, 3.63) is 0 Å². The van der Waals surface area contributed by atoms with Gasteiger partial charge in [0.15, 0.2) is 0 Å². The van der Waals surface area contributed by atoms with Crippen LogP contribution in [0.15, 0.2) is 0 Å². The standard InChI is InChI=1S/C11H21NO/c1-8(2)10-5-12(6-10)7-11(13)9-3-4-9/h8-11,13H,3-7H2,1-2H3. The van der Waals surface area contributed by atoms with E-state index in [1.165, 1.54) is 25.9 Å². The predicted molar refractivity (Wildman–Crippen MR) is 53.5 cm³/mol. The maximum atomic E-state index is 9.71. The predicted octanol–water partition coefficient (Wildman–Crippen LogP) is 1.35. The molecule has 13 heavy (non-hydrogen) atoms. The van der Waals surface area contributed by atoms with Crippen LogP contribution in [-0.2, 0) is 0 Å². The lowest BCUT2D eigenvalue weighted by molar-refractivity contribution is 0.0151. The van der Waals surface area contributed by atoms with Gasteiger partial charge in [0.25, 0.3) is 0 Å². The number of hydrogen-bond acceptors (Lipinski definition) is 2. The van der Waals surface area contributed by atoms with Crippen LogP contribution in [0.1, 0.15) is 26.7 Å². The molecule has 76 valence electrons. The van der Waals surface area contributed by atoms with Gasteiger partial charge in [0.2, 0.25) is 0 Å². The highest BCUT2D eigenvalue weighted by atomic mass is 16.3. The monoisotopic (exact) mass is 183 g/mol. The second-order valence-electron chi connectivity index (χ2n) is 5.13. The van der Waals surface area contributed by atoms with Gasteiger partial charge in [-0.3, -0.25) is 0 Å². The van der Waals surface area contributed by atoms with Crippen LogP contribution in [0.2, 0.25) is 0 Å². The van der Waals surface area contributed by atoms with E-state index in [2.05, 4.69) is 18.7 Å². The molecule has 1 atom stereocenters. The van der Waals surface area contributed by atoms with Gasteiger partial charge in [0.1, 0.15) is 0 Å². The quantitative estimate of drug-likeness (QED) is 0.711. The first-order chi connectivity index (χ1) is 6.16. The highest BCUT2D eigenvalue weighted by Crippen LogP contribution is 2.34. The van der Waals surface area contributed by atoms with Crippen LogP contribution in [-0.4, -0.2) is 35.7 Å². The second-order valence-corrected chi connectivity index (χ2v) is 5.13. The van der Waals surface area contributed by atoms with Crippen molar-refractivity contribution in [1.29, 1.82) is 0 Å². The fraction of sp³-hybridized carbons (Fsp3) is 1.00. The first-order valence-corrected chi connectivity index (χ1v) is 5.57. The molecule has 1 heterocycles. The molecule has 0 amide bonds. The number of nitrogens with zero attached hydrogens (tertiary/aromatic N) is 1. The summed E-state index contributed by atoms with van der Waals surface area (Å²) in [6.45, 7) is 7.93. The first-order valence-electron chi connectivity index (χ1n) is 5.57. The van der Waals surface area contributed by atoms with Crippen molar-refractivity contribution in [2.45, 2.75) is 32.8 Å². The molecule has 2 heteroatoms. The van der Waals surface area contributed by atoms with Crippen LogP contribution in [0, 0.1) is 17.8 Å². The Morgan fingerprint density at radius 2 is 1.85 bits per heavy atom. The van der Waals surface area contributed by atoms with E-state index in [9.17, 15) is 5.11 Å². The summed E-state index contributed by atoms with van der Waals surface area (Å²) in [4.78, 5) is 2.40. The van der Waals surface area contributed by atoms with E-state index in [1.54, 1.807) is 0 Å². The average molecular weight is 183 g/mol. The smallest absolute Gasteiger partial charge is 0.0695 e. The summed E-state index contributed by atoms with van der Waals surface area (Å²) in [6.07, 6.45) is 2.47. The lowest BCUT2D eigenvalue weighted by atomic mass is 9.88. The molecule has 0 bridgehead atoms. The molecule has 2 aliphatic rings. The highest BCUT2D eigenvalue weighted by Gasteiger charge is 2.35. The van der Waals surface area contributed by atoms with Crippen molar-refractivity contribution in [1.82, 2.24) is 4.90 Å². The third-order valence-corrected chi connectivity index (χ3v) is 3.54. The van der Waals surface area contributed by atoms with Crippen molar-refractivity contribution < 1.29 is 5.11 Å². The molecule has 1 aliphatic heterocycles. The molecule has 1 saturated carbocycles. The molecule has 1 unspecified atom stereocenters. The zero-order chi connectivity index (χ0) is 9.42. The van der Waals surface area contributed by atoms with Crippen molar-refractivity contribution >= 4 is 0 Å². The van der Waals surface area contributed by atoms with E-state index in [4.69, 9.17) is 0 Å². The summed E-state index contributed by atoms with van der Waals surface area (Å²) in [5, 5.41) is 9.71. The third kappa shape index (κ3) is 2.23.